The number of hydrogen-bond donors (Lipinski definition) is 1. The molecule has 0 aromatic heterocycles. The van der Waals surface area contributed by atoms with Crippen molar-refractivity contribution < 1.29 is 46.8 Å². The van der Waals surface area contributed by atoms with Crippen molar-refractivity contribution in [2.24, 2.45) is 0 Å². The summed E-state index contributed by atoms with van der Waals surface area (Å²) < 4.78 is 34.2. The van der Waals surface area contributed by atoms with Crippen molar-refractivity contribution in [3.05, 3.63) is 60.8 Å². The molecular formula is C46H81NO9P+. The zero-order chi connectivity index (χ0) is 42.3. The number of esters is 2. The van der Waals surface area contributed by atoms with Gasteiger partial charge in [0.05, 0.1) is 27.7 Å². The zero-order valence-corrected chi connectivity index (χ0v) is 37.4. The van der Waals surface area contributed by atoms with Crippen molar-refractivity contribution >= 4 is 25.5 Å². The lowest BCUT2D eigenvalue weighted by atomic mass is 10.1. The normalized spacial score (nSPS) is 14.1. The Kier molecular flexibility index (Phi) is 35.9. The third-order valence-corrected chi connectivity index (χ3v) is 9.98. The number of hydrogen-bond acceptors (Lipinski definition) is 8. The minimum atomic E-state index is -4.41. The quantitative estimate of drug-likeness (QED) is 0.0123. The number of likely N-dealkylation sites (N-methyl/N-ethyl adjacent to an activating group) is 1. The second kappa shape index (κ2) is 37.6. The minimum absolute atomic E-state index is 0.00705. The molecule has 0 aliphatic rings. The third-order valence-electron chi connectivity index (χ3n) is 9.00. The van der Waals surface area contributed by atoms with E-state index in [4.69, 9.17) is 18.5 Å². The second-order valence-electron chi connectivity index (χ2n) is 15.8. The second-order valence-corrected chi connectivity index (χ2v) is 17.2. The number of carbonyl (C=O) groups excluding carboxylic acids is 3. The van der Waals surface area contributed by atoms with Gasteiger partial charge in [-0.1, -0.05) is 133 Å². The maximum atomic E-state index is 12.7. The monoisotopic (exact) mass is 823 g/mol. The van der Waals surface area contributed by atoms with Crippen LogP contribution >= 0.6 is 7.82 Å². The SMILES string of the molecule is CCCCCCCC/C=C\CCCCCCCC(=O)OC[C@H](COP(=O)(O)OCC[N+](C)(C)C)OC(=O)CCC/C=C\C/C=C\C/C=C\C=C\C(=O)CCCCC. The van der Waals surface area contributed by atoms with Crippen molar-refractivity contribution in [2.75, 3.05) is 47.5 Å². The van der Waals surface area contributed by atoms with Gasteiger partial charge in [-0.2, -0.15) is 0 Å². The van der Waals surface area contributed by atoms with Crippen molar-refractivity contribution in [2.45, 2.75) is 168 Å². The maximum absolute atomic E-state index is 12.7. The molecule has 2 atom stereocenters. The Balaban J connectivity index is 4.53. The van der Waals surface area contributed by atoms with Gasteiger partial charge in [-0.3, -0.25) is 23.4 Å². The van der Waals surface area contributed by atoms with Crippen LogP contribution in [0.25, 0.3) is 0 Å². The molecule has 0 heterocycles. The number of carbonyl (C=O) groups is 3. The topological polar surface area (TPSA) is 125 Å². The molecule has 0 spiro atoms. The van der Waals surface area contributed by atoms with Gasteiger partial charge in [-0.15, -0.1) is 0 Å². The molecule has 0 bridgehead atoms. The van der Waals surface area contributed by atoms with Crippen LogP contribution in [0.1, 0.15) is 162 Å². The number of nitrogens with zero attached hydrogens (tertiary/aromatic N) is 1. The van der Waals surface area contributed by atoms with Crippen LogP contribution in [0.15, 0.2) is 60.8 Å². The van der Waals surface area contributed by atoms with Gasteiger partial charge in [0.2, 0.25) is 0 Å². The van der Waals surface area contributed by atoms with E-state index < -0.39 is 32.5 Å². The van der Waals surface area contributed by atoms with E-state index in [1.807, 2.05) is 45.4 Å². The van der Waals surface area contributed by atoms with Crippen molar-refractivity contribution in [1.82, 2.24) is 0 Å². The fourth-order valence-corrected chi connectivity index (χ4v) is 6.23. The summed E-state index contributed by atoms with van der Waals surface area (Å²) in [6, 6.07) is 0. The Hall–Kier alpha value is -2.62. The largest absolute Gasteiger partial charge is 0.472 e. The highest BCUT2D eigenvalue weighted by Crippen LogP contribution is 2.43. The Morgan fingerprint density at radius 2 is 1.12 bits per heavy atom. The maximum Gasteiger partial charge on any atom is 0.472 e. The molecule has 0 fully saturated rings. The fraction of sp³-hybridized carbons (Fsp3) is 0.717. The first-order chi connectivity index (χ1) is 27.4. The lowest BCUT2D eigenvalue weighted by molar-refractivity contribution is -0.870. The van der Waals surface area contributed by atoms with E-state index in [1.165, 1.54) is 44.9 Å². The summed E-state index contributed by atoms with van der Waals surface area (Å²) >= 11 is 0. The Morgan fingerprint density at radius 1 is 0.596 bits per heavy atom. The average Bonchev–Trinajstić information content (AvgIpc) is 3.15. The van der Waals surface area contributed by atoms with Gasteiger partial charge in [-0.25, -0.2) is 4.57 Å². The fourth-order valence-electron chi connectivity index (χ4n) is 5.48. The number of phosphoric ester groups is 1. The number of ketones is 1. The van der Waals surface area contributed by atoms with Crippen LogP contribution in [-0.4, -0.2) is 80.7 Å². The van der Waals surface area contributed by atoms with Gasteiger partial charge in [0.15, 0.2) is 11.9 Å². The van der Waals surface area contributed by atoms with Crippen LogP contribution in [0.3, 0.4) is 0 Å². The van der Waals surface area contributed by atoms with E-state index in [1.54, 1.807) is 12.2 Å². The number of quaternary nitrogens is 1. The highest BCUT2D eigenvalue weighted by Gasteiger charge is 2.27. The lowest BCUT2D eigenvalue weighted by Gasteiger charge is -2.24. The van der Waals surface area contributed by atoms with Crippen LogP contribution in [-0.2, 0) is 37.5 Å². The van der Waals surface area contributed by atoms with Crippen LogP contribution in [0.5, 0.6) is 0 Å². The molecule has 0 aliphatic carbocycles. The molecule has 0 aromatic carbocycles. The molecule has 0 rings (SSSR count). The first kappa shape index (κ1) is 54.4. The smallest absolute Gasteiger partial charge is 0.462 e. The summed E-state index contributed by atoms with van der Waals surface area (Å²) in [6.45, 7) is 4.14. The summed E-state index contributed by atoms with van der Waals surface area (Å²) in [5.74, 6) is -0.745. The Morgan fingerprint density at radius 3 is 1.79 bits per heavy atom. The summed E-state index contributed by atoms with van der Waals surface area (Å²) in [6.07, 6.45) is 41.1. The van der Waals surface area contributed by atoms with E-state index in [0.717, 1.165) is 64.2 Å². The van der Waals surface area contributed by atoms with Gasteiger partial charge in [0.1, 0.15) is 19.8 Å². The van der Waals surface area contributed by atoms with Crippen molar-refractivity contribution in [3.63, 3.8) is 0 Å². The summed E-state index contributed by atoms with van der Waals surface area (Å²) in [7, 11) is 1.39. The van der Waals surface area contributed by atoms with E-state index in [-0.39, 0.29) is 31.8 Å². The van der Waals surface area contributed by atoms with Crippen LogP contribution in [0.4, 0.5) is 0 Å². The summed E-state index contributed by atoms with van der Waals surface area (Å²) in [4.78, 5) is 47.1. The van der Waals surface area contributed by atoms with E-state index >= 15 is 0 Å². The Labute approximate surface area is 347 Å². The Bertz CT molecular complexity index is 1220. The van der Waals surface area contributed by atoms with Gasteiger partial charge >= 0.3 is 19.8 Å². The molecule has 0 saturated heterocycles. The van der Waals surface area contributed by atoms with E-state index in [0.29, 0.717) is 36.7 Å². The molecule has 0 amide bonds. The molecule has 57 heavy (non-hydrogen) atoms. The number of allylic oxidation sites excluding steroid dienone is 10. The van der Waals surface area contributed by atoms with E-state index in [9.17, 15) is 23.8 Å². The standard InChI is InChI=1S/C46H80NO9P/c1-6-8-10-11-12-13-14-15-16-17-20-23-26-29-33-37-45(49)53-41-44(42-55-57(51,52)54-40-39-47(3,4)5)56-46(50)38-34-30-27-24-21-18-19-22-25-28-32-36-43(48)35-31-9-7-2/h15-16,18-19,24-25,27-28,32,36,44H,6-14,17,20-23,26,29-31,33-35,37-42H2,1-5H3/p+1/b16-15-,19-18-,27-24-,28-25-,36-32+/t44-/m1/s1. The van der Waals surface area contributed by atoms with Crippen LogP contribution in [0, 0.1) is 0 Å². The highest BCUT2D eigenvalue weighted by atomic mass is 31.2. The predicted molar refractivity (Wildman–Crippen MR) is 234 cm³/mol. The van der Waals surface area contributed by atoms with Gasteiger partial charge in [0, 0.05) is 19.3 Å². The molecule has 0 saturated carbocycles. The summed E-state index contributed by atoms with van der Waals surface area (Å²) in [5.41, 5.74) is 0. The molecule has 0 aromatic rings. The van der Waals surface area contributed by atoms with E-state index in [2.05, 4.69) is 38.2 Å². The molecule has 328 valence electrons. The number of rotatable bonds is 39. The molecule has 0 radical (unpaired) electrons. The van der Waals surface area contributed by atoms with Gasteiger partial charge < -0.3 is 18.9 Å². The van der Waals surface area contributed by atoms with Crippen LogP contribution < -0.4 is 0 Å². The molecule has 1 N–H and O–H groups in total. The number of phosphoric acid groups is 1. The third kappa shape index (κ3) is 41.3. The average molecular weight is 823 g/mol. The highest BCUT2D eigenvalue weighted by molar-refractivity contribution is 7.47. The number of unbranched alkanes of at least 4 members (excludes halogenated alkanes) is 14. The predicted octanol–water partition coefficient (Wildman–Crippen LogP) is 11.6. The lowest BCUT2D eigenvalue weighted by Crippen LogP contribution is -2.37. The molecule has 10 nitrogen and oxygen atoms in total. The van der Waals surface area contributed by atoms with Crippen molar-refractivity contribution in [1.29, 1.82) is 0 Å². The molecule has 0 aliphatic heterocycles. The van der Waals surface area contributed by atoms with Crippen molar-refractivity contribution in [3.8, 4) is 0 Å². The minimum Gasteiger partial charge on any atom is -0.462 e. The molecule has 11 heteroatoms. The number of ether oxygens (including phenoxy) is 2. The first-order valence-electron chi connectivity index (χ1n) is 22.0. The zero-order valence-electron chi connectivity index (χ0n) is 36.6. The van der Waals surface area contributed by atoms with Gasteiger partial charge in [0.25, 0.3) is 0 Å². The summed E-state index contributed by atoms with van der Waals surface area (Å²) in [5, 5.41) is 0. The van der Waals surface area contributed by atoms with Crippen LogP contribution in [0.2, 0.25) is 0 Å². The first-order valence-corrected chi connectivity index (χ1v) is 23.5. The van der Waals surface area contributed by atoms with Gasteiger partial charge in [-0.05, 0) is 70.3 Å². The molecular weight excluding hydrogens is 741 g/mol. The molecule has 1 unspecified atom stereocenters.